The molecule has 0 aliphatic rings. The van der Waals surface area contributed by atoms with Crippen LogP contribution in [0, 0.1) is 12.7 Å². The summed E-state index contributed by atoms with van der Waals surface area (Å²) in [5.41, 5.74) is 7.05. The molecular weight excluding hydrogens is 345 g/mol. The molecule has 0 unspecified atom stereocenters. The minimum absolute atomic E-state index is 0.171. The summed E-state index contributed by atoms with van der Waals surface area (Å²) < 4.78 is 38.5. The lowest BCUT2D eigenvalue weighted by Crippen LogP contribution is -2.09. The molecule has 106 valence electrons. The molecule has 2 rings (SSSR count). The Kier molecular flexibility index (Phi) is 4.15. The van der Waals surface area contributed by atoms with E-state index >= 15 is 0 Å². The van der Waals surface area contributed by atoms with Gasteiger partial charge in [-0.1, -0.05) is 18.2 Å². The van der Waals surface area contributed by atoms with Crippen LogP contribution in [0.3, 0.4) is 0 Å². The van der Waals surface area contributed by atoms with Crippen LogP contribution in [0.25, 0.3) is 0 Å². The largest absolute Gasteiger partial charge is 0.398 e. The van der Waals surface area contributed by atoms with Gasteiger partial charge in [0.2, 0.25) is 0 Å². The summed E-state index contributed by atoms with van der Waals surface area (Å²) in [6.07, 6.45) is 0. The van der Waals surface area contributed by atoms with E-state index in [1.807, 2.05) is 0 Å². The number of hydrogen-bond acceptors (Lipinski definition) is 3. The number of nitrogen functional groups attached to an aromatic ring is 1. The molecule has 0 spiro atoms. The SMILES string of the molecule is Cc1c(N)cccc1S(=O)(=O)Cc1cccc(F)c1Br. The van der Waals surface area contributed by atoms with Crippen molar-refractivity contribution in [3.05, 3.63) is 57.8 Å². The maximum absolute atomic E-state index is 13.4. The lowest BCUT2D eigenvalue weighted by atomic mass is 10.2. The van der Waals surface area contributed by atoms with Gasteiger partial charge in [-0.2, -0.15) is 0 Å². The van der Waals surface area contributed by atoms with Gasteiger partial charge in [0, 0.05) is 5.69 Å². The number of halogens is 2. The standard InChI is InChI=1S/C14H13BrFNO2S/c1-9-12(17)6-3-7-13(9)20(18,19)8-10-4-2-5-11(16)14(10)15/h2-7H,8,17H2,1H3. The molecular formula is C14H13BrFNO2S. The smallest absolute Gasteiger partial charge is 0.182 e. The van der Waals surface area contributed by atoms with E-state index in [9.17, 15) is 12.8 Å². The van der Waals surface area contributed by atoms with Gasteiger partial charge in [-0.3, -0.25) is 0 Å². The van der Waals surface area contributed by atoms with Crippen molar-refractivity contribution < 1.29 is 12.8 Å². The van der Waals surface area contributed by atoms with E-state index in [0.29, 0.717) is 16.8 Å². The topological polar surface area (TPSA) is 60.2 Å². The van der Waals surface area contributed by atoms with Crippen LogP contribution in [-0.2, 0) is 15.6 Å². The molecule has 0 saturated heterocycles. The number of sulfone groups is 1. The summed E-state index contributed by atoms with van der Waals surface area (Å²) in [6.45, 7) is 1.66. The Hall–Kier alpha value is -1.40. The molecule has 0 atom stereocenters. The van der Waals surface area contributed by atoms with Gasteiger partial charge in [0.15, 0.2) is 9.84 Å². The van der Waals surface area contributed by atoms with Gasteiger partial charge in [-0.05, 0) is 52.2 Å². The number of rotatable bonds is 3. The van der Waals surface area contributed by atoms with E-state index in [1.165, 1.54) is 18.2 Å². The first-order valence-corrected chi connectivity index (χ1v) is 8.28. The quantitative estimate of drug-likeness (QED) is 0.855. The maximum Gasteiger partial charge on any atom is 0.182 e. The Morgan fingerprint density at radius 2 is 1.85 bits per heavy atom. The predicted molar refractivity (Wildman–Crippen MR) is 80.6 cm³/mol. The fourth-order valence-electron chi connectivity index (χ4n) is 1.91. The maximum atomic E-state index is 13.4. The normalized spacial score (nSPS) is 11.6. The zero-order chi connectivity index (χ0) is 14.9. The van der Waals surface area contributed by atoms with Crippen LogP contribution < -0.4 is 5.73 Å². The van der Waals surface area contributed by atoms with Crippen LogP contribution in [0.5, 0.6) is 0 Å². The minimum Gasteiger partial charge on any atom is -0.398 e. The summed E-state index contributed by atoms with van der Waals surface area (Å²) >= 11 is 3.07. The average Bonchev–Trinajstić information content (AvgIpc) is 2.38. The molecule has 0 radical (unpaired) electrons. The van der Waals surface area contributed by atoms with Crippen LogP contribution in [-0.4, -0.2) is 8.42 Å². The van der Waals surface area contributed by atoms with Crippen molar-refractivity contribution in [2.24, 2.45) is 0 Å². The average molecular weight is 358 g/mol. The summed E-state index contributed by atoms with van der Waals surface area (Å²) in [5, 5.41) is 0. The van der Waals surface area contributed by atoms with Crippen molar-refractivity contribution in [2.45, 2.75) is 17.6 Å². The Morgan fingerprint density at radius 1 is 1.20 bits per heavy atom. The number of benzene rings is 2. The van der Waals surface area contributed by atoms with E-state index in [-0.39, 0.29) is 15.1 Å². The molecule has 0 saturated carbocycles. The summed E-state index contributed by atoms with van der Waals surface area (Å²) in [4.78, 5) is 0.175. The minimum atomic E-state index is -3.58. The van der Waals surface area contributed by atoms with Crippen LogP contribution in [0.2, 0.25) is 0 Å². The van der Waals surface area contributed by atoms with Crippen molar-refractivity contribution in [2.75, 3.05) is 5.73 Å². The lowest BCUT2D eigenvalue weighted by molar-refractivity contribution is 0.593. The second kappa shape index (κ2) is 5.54. The Morgan fingerprint density at radius 3 is 2.55 bits per heavy atom. The summed E-state index contributed by atoms with van der Waals surface area (Å²) in [7, 11) is -3.58. The zero-order valence-corrected chi connectivity index (χ0v) is 13.1. The molecule has 0 aromatic heterocycles. The summed E-state index contributed by atoms with van der Waals surface area (Å²) in [6, 6.07) is 9.08. The van der Waals surface area contributed by atoms with E-state index in [4.69, 9.17) is 5.73 Å². The third-order valence-electron chi connectivity index (χ3n) is 3.04. The highest BCUT2D eigenvalue weighted by molar-refractivity contribution is 9.10. The van der Waals surface area contributed by atoms with E-state index < -0.39 is 15.7 Å². The van der Waals surface area contributed by atoms with Gasteiger partial charge in [0.25, 0.3) is 0 Å². The highest BCUT2D eigenvalue weighted by Crippen LogP contribution is 2.27. The molecule has 0 amide bonds. The van der Waals surface area contributed by atoms with E-state index in [2.05, 4.69) is 15.9 Å². The molecule has 0 heterocycles. The molecule has 3 nitrogen and oxygen atoms in total. The fourth-order valence-corrected chi connectivity index (χ4v) is 4.18. The Bertz CT molecular complexity index is 760. The first kappa shape index (κ1) is 15.0. The van der Waals surface area contributed by atoms with Crippen LogP contribution in [0.15, 0.2) is 45.8 Å². The summed E-state index contributed by atoms with van der Waals surface area (Å²) in [5.74, 6) is -0.766. The molecule has 0 aliphatic heterocycles. The van der Waals surface area contributed by atoms with Crippen molar-refractivity contribution in [3.63, 3.8) is 0 Å². The Labute approximate surface area is 125 Å². The van der Waals surface area contributed by atoms with Crippen LogP contribution in [0.4, 0.5) is 10.1 Å². The first-order chi connectivity index (χ1) is 9.33. The van der Waals surface area contributed by atoms with Crippen LogP contribution in [0.1, 0.15) is 11.1 Å². The van der Waals surface area contributed by atoms with Gasteiger partial charge in [0.05, 0.1) is 15.1 Å². The highest BCUT2D eigenvalue weighted by atomic mass is 79.9. The molecule has 20 heavy (non-hydrogen) atoms. The molecule has 2 aromatic rings. The third-order valence-corrected chi connectivity index (χ3v) is 5.73. The predicted octanol–water partition coefficient (Wildman–Crippen LogP) is 3.45. The second-order valence-corrected chi connectivity index (χ2v) is 7.19. The van der Waals surface area contributed by atoms with Crippen molar-refractivity contribution in [1.29, 1.82) is 0 Å². The number of hydrogen-bond donors (Lipinski definition) is 1. The molecule has 6 heteroatoms. The lowest BCUT2D eigenvalue weighted by Gasteiger charge is -2.11. The molecule has 0 bridgehead atoms. The molecule has 0 aliphatic carbocycles. The van der Waals surface area contributed by atoms with Gasteiger partial charge < -0.3 is 5.73 Å². The van der Waals surface area contributed by atoms with Crippen molar-refractivity contribution in [3.8, 4) is 0 Å². The second-order valence-electron chi connectivity index (χ2n) is 4.44. The van der Waals surface area contributed by atoms with Gasteiger partial charge >= 0.3 is 0 Å². The van der Waals surface area contributed by atoms with Crippen molar-refractivity contribution >= 4 is 31.5 Å². The molecule has 0 fully saturated rings. The van der Waals surface area contributed by atoms with E-state index in [0.717, 1.165) is 0 Å². The molecule has 2 N–H and O–H groups in total. The van der Waals surface area contributed by atoms with Crippen LogP contribution >= 0.6 is 15.9 Å². The Balaban J connectivity index is 2.47. The molecule has 2 aromatic carbocycles. The number of nitrogens with two attached hydrogens (primary N) is 1. The van der Waals surface area contributed by atoms with E-state index in [1.54, 1.807) is 25.1 Å². The highest BCUT2D eigenvalue weighted by Gasteiger charge is 2.20. The third kappa shape index (κ3) is 2.86. The fraction of sp³-hybridized carbons (Fsp3) is 0.143. The van der Waals surface area contributed by atoms with Crippen molar-refractivity contribution in [1.82, 2.24) is 0 Å². The van der Waals surface area contributed by atoms with Gasteiger partial charge in [0.1, 0.15) is 5.82 Å². The monoisotopic (exact) mass is 357 g/mol. The number of anilines is 1. The van der Waals surface area contributed by atoms with Gasteiger partial charge in [-0.15, -0.1) is 0 Å². The van der Waals surface area contributed by atoms with Gasteiger partial charge in [-0.25, -0.2) is 12.8 Å². The zero-order valence-electron chi connectivity index (χ0n) is 10.7. The first-order valence-electron chi connectivity index (χ1n) is 5.83.